The highest BCUT2D eigenvalue weighted by atomic mass is 32.2. The molecule has 2 N–H and O–H groups in total. The van der Waals surface area contributed by atoms with Gasteiger partial charge in [-0.25, -0.2) is 0 Å². The van der Waals surface area contributed by atoms with E-state index in [-0.39, 0.29) is 30.7 Å². The molecule has 1 aromatic carbocycles. The van der Waals surface area contributed by atoms with Crippen LogP contribution in [0.3, 0.4) is 0 Å². The van der Waals surface area contributed by atoms with Crippen LogP contribution in [0.5, 0.6) is 11.5 Å². The highest BCUT2D eigenvalue weighted by molar-refractivity contribution is 8.00. The average Bonchev–Trinajstić information content (AvgIpc) is 2.33. The molecule has 1 aromatic rings. The molecule has 0 fully saturated rings. The van der Waals surface area contributed by atoms with Crippen molar-refractivity contribution in [2.75, 3.05) is 19.5 Å². The summed E-state index contributed by atoms with van der Waals surface area (Å²) in [5.74, 6) is 0.966. The third-order valence-corrected chi connectivity index (χ3v) is 2.79. The van der Waals surface area contributed by atoms with E-state index in [4.69, 9.17) is 15.2 Å². The van der Waals surface area contributed by atoms with Crippen molar-refractivity contribution in [2.45, 2.75) is 12.1 Å². The highest BCUT2D eigenvalue weighted by Crippen LogP contribution is 2.30. The zero-order valence-corrected chi connectivity index (χ0v) is 10.6. The quantitative estimate of drug-likeness (QED) is 0.814. The van der Waals surface area contributed by atoms with Gasteiger partial charge in [0.15, 0.2) is 0 Å². The molecule has 0 aliphatic rings. The fourth-order valence-electron chi connectivity index (χ4n) is 1.29. The zero-order chi connectivity index (χ0) is 13.6. The standard InChI is InChI=1S/C11H14F3NO2S/c1-16-9-2-3-10(8(6-9)7-15)17-4-5-18-11(12,13)14/h2-3,6H,4-5,7,15H2,1H3. The Kier molecular flexibility index (Phi) is 5.61. The molecule has 0 bridgehead atoms. The molecule has 0 spiro atoms. The lowest BCUT2D eigenvalue weighted by atomic mass is 10.2. The molecular formula is C11H14F3NO2S. The van der Waals surface area contributed by atoms with Gasteiger partial charge in [0.05, 0.1) is 13.7 Å². The molecule has 0 aromatic heterocycles. The Morgan fingerprint density at radius 2 is 2.06 bits per heavy atom. The molecule has 0 amide bonds. The van der Waals surface area contributed by atoms with Gasteiger partial charge in [-0.2, -0.15) is 13.2 Å². The van der Waals surface area contributed by atoms with Crippen LogP contribution in [0.25, 0.3) is 0 Å². The first-order chi connectivity index (χ1) is 8.46. The van der Waals surface area contributed by atoms with Crippen LogP contribution < -0.4 is 15.2 Å². The second-order valence-corrected chi connectivity index (χ2v) is 4.48. The summed E-state index contributed by atoms with van der Waals surface area (Å²) in [6.07, 6.45) is 0. The van der Waals surface area contributed by atoms with E-state index in [0.29, 0.717) is 17.1 Å². The minimum absolute atomic E-state index is 0.0243. The first-order valence-electron chi connectivity index (χ1n) is 5.16. The minimum Gasteiger partial charge on any atom is -0.497 e. The molecule has 3 nitrogen and oxygen atoms in total. The maximum Gasteiger partial charge on any atom is 0.441 e. The van der Waals surface area contributed by atoms with Gasteiger partial charge in [0.1, 0.15) is 11.5 Å². The van der Waals surface area contributed by atoms with E-state index in [1.807, 2.05) is 0 Å². The van der Waals surface area contributed by atoms with Crippen molar-refractivity contribution in [3.05, 3.63) is 23.8 Å². The van der Waals surface area contributed by atoms with Crippen molar-refractivity contribution < 1.29 is 22.6 Å². The van der Waals surface area contributed by atoms with Crippen LogP contribution in [0.15, 0.2) is 18.2 Å². The number of thioether (sulfide) groups is 1. The van der Waals surface area contributed by atoms with E-state index in [1.54, 1.807) is 18.2 Å². The highest BCUT2D eigenvalue weighted by Gasteiger charge is 2.27. The number of alkyl halides is 3. The summed E-state index contributed by atoms with van der Waals surface area (Å²) in [6.45, 7) is 0.211. The summed E-state index contributed by atoms with van der Waals surface area (Å²) < 4.78 is 46.0. The number of benzene rings is 1. The molecule has 0 aliphatic heterocycles. The largest absolute Gasteiger partial charge is 0.497 e. The average molecular weight is 281 g/mol. The third kappa shape index (κ3) is 5.05. The summed E-state index contributed by atoms with van der Waals surface area (Å²) in [4.78, 5) is 0. The number of hydrogen-bond acceptors (Lipinski definition) is 4. The lowest BCUT2D eigenvalue weighted by Gasteiger charge is -2.12. The smallest absolute Gasteiger partial charge is 0.441 e. The molecule has 0 radical (unpaired) electrons. The lowest BCUT2D eigenvalue weighted by molar-refractivity contribution is -0.0329. The van der Waals surface area contributed by atoms with Crippen LogP contribution in [0.2, 0.25) is 0 Å². The maximum atomic E-state index is 11.9. The molecule has 102 valence electrons. The van der Waals surface area contributed by atoms with Gasteiger partial charge in [-0.3, -0.25) is 0 Å². The van der Waals surface area contributed by atoms with Crippen molar-refractivity contribution in [3.8, 4) is 11.5 Å². The Bertz CT molecular complexity index is 385. The third-order valence-electron chi connectivity index (χ3n) is 2.09. The van der Waals surface area contributed by atoms with E-state index >= 15 is 0 Å². The Balaban J connectivity index is 2.51. The molecule has 0 aliphatic carbocycles. The van der Waals surface area contributed by atoms with Gasteiger partial charge in [-0.15, -0.1) is 0 Å². The fraction of sp³-hybridized carbons (Fsp3) is 0.455. The van der Waals surface area contributed by atoms with Gasteiger partial charge in [0, 0.05) is 17.9 Å². The fourth-order valence-corrected chi connectivity index (χ4v) is 1.69. The van der Waals surface area contributed by atoms with E-state index < -0.39 is 5.51 Å². The van der Waals surface area contributed by atoms with Crippen LogP contribution in [0.4, 0.5) is 13.2 Å². The van der Waals surface area contributed by atoms with E-state index in [0.717, 1.165) is 0 Å². The zero-order valence-electron chi connectivity index (χ0n) is 9.79. The molecule has 0 atom stereocenters. The van der Waals surface area contributed by atoms with Gasteiger partial charge in [0.2, 0.25) is 0 Å². The molecule has 1 rings (SSSR count). The summed E-state index contributed by atoms with van der Waals surface area (Å²) in [5.41, 5.74) is 2.01. The van der Waals surface area contributed by atoms with Crippen LogP contribution in [-0.2, 0) is 6.54 Å². The van der Waals surface area contributed by atoms with Crippen molar-refractivity contribution in [2.24, 2.45) is 5.73 Å². The first kappa shape index (κ1) is 15.0. The number of rotatable bonds is 6. The van der Waals surface area contributed by atoms with Crippen molar-refractivity contribution in [1.29, 1.82) is 0 Å². The molecule has 0 unspecified atom stereocenters. The van der Waals surface area contributed by atoms with Crippen LogP contribution in [0, 0.1) is 0 Å². The Morgan fingerprint density at radius 1 is 1.33 bits per heavy atom. The minimum atomic E-state index is -4.22. The van der Waals surface area contributed by atoms with Gasteiger partial charge in [-0.1, -0.05) is 0 Å². The molecule has 0 heterocycles. The molecule has 0 saturated heterocycles. The van der Waals surface area contributed by atoms with Gasteiger partial charge in [0.25, 0.3) is 0 Å². The normalized spacial score (nSPS) is 11.4. The molecule has 7 heteroatoms. The monoisotopic (exact) mass is 281 g/mol. The molecular weight excluding hydrogens is 267 g/mol. The van der Waals surface area contributed by atoms with E-state index in [2.05, 4.69) is 0 Å². The Hall–Kier alpha value is -1.08. The van der Waals surface area contributed by atoms with Crippen molar-refractivity contribution >= 4 is 11.8 Å². The van der Waals surface area contributed by atoms with Crippen LogP contribution >= 0.6 is 11.8 Å². The van der Waals surface area contributed by atoms with Crippen molar-refractivity contribution in [1.82, 2.24) is 0 Å². The van der Waals surface area contributed by atoms with E-state index in [1.165, 1.54) is 7.11 Å². The number of ether oxygens (including phenoxy) is 2. The molecule has 0 saturated carbocycles. The van der Waals surface area contributed by atoms with Gasteiger partial charge in [-0.05, 0) is 30.0 Å². The maximum absolute atomic E-state index is 11.9. The summed E-state index contributed by atoms with van der Waals surface area (Å²) in [6, 6.07) is 5.01. The number of methoxy groups -OCH3 is 1. The van der Waals surface area contributed by atoms with E-state index in [9.17, 15) is 13.2 Å². The van der Waals surface area contributed by atoms with Crippen molar-refractivity contribution in [3.63, 3.8) is 0 Å². The van der Waals surface area contributed by atoms with Crippen LogP contribution in [-0.4, -0.2) is 25.0 Å². The second-order valence-electron chi connectivity index (χ2n) is 3.32. The summed E-state index contributed by atoms with van der Waals surface area (Å²) >= 11 is -0.107. The Labute approximate surface area is 107 Å². The predicted molar refractivity (Wildman–Crippen MR) is 64.9 cm³/mol. The predicted octanol–water partition coefficient (Wildman–Crippen LogP) is 2.79. The van der Waals surface area contributed by atoms with Gasteiger partial charge < -0.3 is 15.2 Å². The number of halogens is 3. The van der Waals surface area contributed by atoms with Crippen LogP contribution in [0.1, 0.15) is 5.56 Å². The lowest BCUT2D eigenvalue weighted by Crippen LogP contribution is -2.09. The van der Waals surface area contributed by atoms with Gasteiger partial charge >= 0.3 is 5.51 Å². The second kappa shape index (κ2) is 6.75. The Morgan fingerprint density at radius 3 is 2.61 bits per heavy atom. The SMILES string of the molecule is COc1ccc(OCCSC(F)(F)F)c(CN)c1. The number of hydrogen-bond donors (Lipinski definition) is 1. The summed E-state index contributed by atoms with van der Waals surface area (Å²) in [5, 5.41) is 0. The number of nitrogens with two attached hydrogens (primary N) is 1. The molecule has 18 heavy (non-hydrogen) atoms. The topological polar surface area (TPSA) is 44.5 Å². The first-order valence-corrected chi connectivity index (χ1v) is 6.15. The summed E-state index contributed by atoms with van der Waals surface area (Å²) in [7, 11) is 1.52.